The lowest BCUT2D eigenvalue weighted by Gasteiger charge is -2.26. The number of allylic oxidation sites excluding steroid dienone is 1. The highest BCUT2D eigenvalue weighted by Crippen LogP contribution is 2.24. The first-order chi connectivity index (χ1) is 13.5. The minimum absolute atomic E-state index is 0.0312. The van der Waals surface area contributed by atoms with E-state index in [1.54, 1.807) is 31.2 Å². The Bertz CT molecular complexity index is 975. The first-order valence-electron chi connectivity index (χ1n) is 9.34. The van der Waals surface area contributed by atoms with E-state index in [-0.39, 0.29) is 11.5 Å². The molecule has 0 unspecified atom stereocenters. The van der Waals surface area contributed by atoms with Gasteiger partial charge in [-0.3, -0.25) is 0 Å². The number of ether oxygens (including phenoxy) is 2. The maximum Gasteiger partial charge on any atom is 0.330 e. The molecule has 152 valence electrons. The molecule has 1 aromatic heterocycles. The lowest BCUT2D eigenvalue weighted by Crippen LogP contribution is -2.40. The van der Waals surface area contributed by atoms with Gasteiger partial charge in [-0.2, -0.15) is 4.31 Å². The number of hydrogen-bond acceptors (Lipinski definition) is 6. The van der Waals surface area contributed by atoms with Crippen molar-refractivity contribution in [2.24, 2.45) is 0 Å². The molecule has 8 nitrogen and oxygen atoms in total. The van der Waals surface area contributed by atoms with Crippen molar-refractivity contribution in [2.75, 3.05) is 26.3 Å². The van der Waals surface area contributed by atoms with Crippen LogP contribution in [0.25, 0.3) is 11.0 Å². The fourth-order valence-electron chi connectivity index (χ4n) is 3.16. The maximum atomic E-state index is 12.9. The molecule has 28 heavy (non-hydrogen) atoms. The molecule has 0 atom stereocenters. The summed E-state index contributed by atoms with van der Waals surface area (Å²) < 4.78 is 39.7. The minimum atomic E-state index is -3.59. The number of fused-ring (bicyclic) bond motifs is 1. The molecule has 0 amide bonds. The number of sulfonamides is 1. The van der Waals surface area contributed by atoms with Crippen LogP contribution in [0.2, 0.25) is 0 Å². The van der Waals surface area contributed by atoms with E-state index in [2.05, 4.69) is 4.98 Å². The van der Waals surface area contributed by atoms with Crippen molar-refractivity contribution < 1.29 is 22.7 Å². The molecule has 0 N–H and O–H groups in total. The largest absolute Gasteiger partial charge is 0.454 e. The van der Waals surface area contributed by atoms with Crippen molar-refractivity contribution in [3.05, 3.63) is 36.2 Å². The number of esters is 1. The minimum Gasteiger partial charge on any atom is -0.454 e. The SMILES string of the molecule is C/C=C/C(=O)OCc1nc2cc(S(=O)(=O)N3CCOCC3)ccc2n1CCC. The number of aromatic nitrogens is 2. The number of carbonyl (C=O) groups excluding carboxylic acids is 1. The zero-order valence-corrected chi connectivity index (χ0v) is 16.9. The first kappa shape index (κ1) is 20.5. The molecule has 0 saturated carbocycles. The van der Waals surface area contributed by atoms with Crippen molar-refractivity contribution in [1.29, 1.82) is 0 Å². The third-order valence-electron chi connectivity index (χ3n) is 4.50. The second kappa shape index (κ2) is 8.85. The Morgan fingerprint density at radius 1 is 1.32 bits per heavy atom. The zero-order chi connectivity index (χ0) is 20.1. The summed E-state index contributed by atoms with van der Waals surface area (Å²) in [4.78, 5) is 16.4. The summed E-state index contributed by atoms with van der Waals surface area (Å²) in [6.45, 7) is 5.99. The monoisotopic (exact) mass is 407 g/mol. The molecule has 0 spiro atoms. The number of benzene rings is 1. The van der Waals surface area contributed by atoms with Crippen LogP contribution in [0.4, 0.5) is 0 Å². The van der Waals surface area contributed by atoms with Gasteiger partial charge in [-0.25, -0.2) is 18.2 Å². The fraction of sp³-hybridized carbons (Fsp3) is 0.474. The van der Waals surface area contributed by atoms with Crippen molar-refractivity contribution in [3.8, 4) is 0 Å². The lowest BCUT2D eigenvalue weighted by molar-refractivity contribution is -0.139. The van der Waals surface area contributed by atoms with Crippen LogP contribution in [0, 0.1) is 0 Å². The van der Waals surface area contributed by atoms with Gasteiger partial charge in [0.05, 0.1) is 29.1 Å². The van der Waals surface area contributed by atoms with Gasteiger partial charge in [0.25, 0.3) is 0 Å². The Kier molecular flexibility index (Phi) is 6.48. The van der Waals surface area contributed by atoms with Crippen molar-refractivity contribution >= 4 is 27.0 Å². The fourth-order valence-corrected chi connectivity index (χ4v) is 4.59. The molecule has 2 aromatic rings. The van der Waals surface area contributed by atoms with E-state index in [0.717, 1.165) is 11.9 Å². The predicted molar refractivity (Wildman–Crippen MR) is 104 cm³/mol. The standard InChI is InChI=1S/C19H25N3O5S/c1-3-5-19(23)27-14-18-20-16-13-15(6-7-17(16)22(18)8-4-2)28(24,25)21-9-11-26-12-10-21/h3,5-7,13H,4,8-12,14H2,1-2H3/b5-3+. The molecule has 1 aliphatic rings. The van der Waals surface area contributed by atoms with Crippen LogP contribution in [0.5, 0.6) is 0 Å². The molecular formula is C19H25N3O5S. The third-order valence-corrected chi connectivity index (χ3v) is 6.39. The Hall–Kier alpha value is -2.23. The van der Waals surface area contributed by atoms with E-state index in [1.807, 2.05) is 11.5 Å². The molecule has 0 radical (unpaired) electrons. The van der Waals surface area contributed by atoms with E-state index in [4.69, 9.17) is 9.47 Å². The number of hydrogen-bond donors (Lipinski definition) is 0. The summed E-state index contributed by atoms with van der Waals surface area (Å²) in [5.74, 6) is 0.156. The van der Waals surface area contributed by atoms with E-state index in [0.29, 0.717) is 44.2 Å². The summed E-state index contributed by atoms with van der Waals surface area (Å²) in [5, 5.41) is 0. The average Bonchev–Trinajstić information content (AvgIpc) is 3.04. The topological polar surface area (TPSA) is 90.7 Å². The molecule has 1 aromatic carbocycles. The number of nitrogens with zero attached hydrogens (tertiary/aromatic N) is 3. The van der Waals surface area contributed by atoms with Crippen molar-refractivity contribution in [3.63, 3.8) is 0 Å². The van der Waals surface area contributed by atoms with Crippen molar-refractivity contribution in [2.45, 2.75) is 38.3 Å². The van der Waals surface area contributed by atoms with Crippen LogP contribution in [0.1, 0.15) is 26.1 Å². The Balaban J connectivity index is 1.94. The predicted octanol–water partition coefficient (Wildman–Crippen LogP) is 2.09. The molecular weight excluding hydrogens is 382 g/mol. The normalized spacial score (nSPS) is 16.1. The van der Waals surface area contributed by atoms with Gasteiger partial charge in [0.1, 0.15) is 12.4 Å². The highest BCUT2D eigenvalue weighted by Gasteiger charge is 2.27. The Morgan fingerprint density at radius 2 is 2.07 bits per heavy atom. The lowest BCUT2D eigenvalue weighted by atomic mass is 10.3. The number of carbonyl (C=O) groups is 1. The highest BCUT2D eigenvalue weighted by molar-refractivity contribution is 7.89. The molecule has 3 rings (SSSR count). The molecule has 1 saturated heterocycles. The van der Waals surface area contributed by atoms with Crippen LogP contribution in [0.15, 0.2) is 35.2 Å². The van der Waals surface area contributed by atoms with Crippen LogP contribution >= 0.6 is 0 Å². The molecule has 0 bridgehead atoms. The average molecular weight is 407 g/mol. The number of rotatable bonds is 7. The van der Waals surface area contributed by atoms with Crippen LogP contribution < -0.4 is 0 Å². The van der Waals surface area contributed by atoms with Gasteiger partial charge in [-0.15, -0.1) is 0 Å². The third kappa shape index (κ3) is 4.26. The summed E-state index contributed by atoms with van der Waals surface area (Å²) in [6.07, 6.45) is 3.83. The van der Waals surface area contributed by atoms with E-state index >= 15 is 0 Å². The highest BCUT2D eigenvalue weighted by atomic mass is 32.2. The van der Waals surface area contributed by atoms with Gasteiger partial charge in [0.15, 0.2) is 0 Å². The second-order valence-corrected chi connectivity index (χ2v) is 8.39. The quantitative estimate of drug-likeness (QED) is 0.516. The summed E-state index contributed by atoms with van der Waals surface area (Å²) in [7, 11) is -3.59. The van der Waals surface area contributed by atoms with Gasteiger partial charge >= 0.3 is 5.97 Å². The van der Waals surface area contributed by atoms with Crippen LogP contribution in [-0.4, -0.2) is 54.5 Å². The number of morpholine rings is 1. The number of imidazole rings is 1. The second-order valence-electron chi connectivity index (χ2n) is 6.45. The molecule has 9 heteroatoms. The van der Waals surface area contributed by atoms with E-state index in [9.17, 15) is 13.2 Å². The molecule has 0 aliphatic carbocycles. The maximum absolute atomic E-state index is 12.9. The molecule has 1 fully saturated rings. The Labute approximate surface area is 164 Å². The smallest absolute Gasteiger partial charge is 0.330 e. The van der Waals surface area contributed by atoms with Gasteiger partial charge in [0.2, 0.25) is 10.0 Å². The summed E-state index contributed by atoms with van der Waals surface area (Å²) >= 11 is 0. The zero-order valence-electron chi connectivity index (χ0n) is 16.1. The summed E-state index contributed by atoms with van der Waals surface area (Å²) in [6, 6.07) is 4.96. The molecule has 1 aliphatic heterocycles. The van der Waals surface area contributed by atoms with Crippen molar-refractivity contribution in [1.82, 2.24) is 13.9 Å². The van der Waals surface area contributed by atoms with E-state index < -0.39 is 16.0 Å². The van der Waals surface area contributed by atoms with Gasteiger partial charge in [-0.1, -0.05) is 13.0 Å². The number of aryl methyl sites for hydroxylation is 1. The van der Waals surface area contributed by atoms with Crippen LogP contribution in [-0.2, 0) is 37.4 Å². The first-order valence-corrected chi connectivity index (χ1v) is 10.8. The van der Waals surface area contributed by atoms with Gasteiger partial charge in [-0.05, 0) is 31.5 Å². The van der Waals surface area contributed by atoms with Gasteiger partial charge in [0, 0.05) is 25.7 Å². The Morgan fingerprint density at radius 3 is 2.75 bits per heavy atom. The summed E-state index contributed by atoms with van der Waals surface area (Å²) in [5.41, 5.74) is 1.39. The molecule has 2 heterocycles. The van der Waals surface area contributed by atoms with Crippen LogP contribution in [0.3, 0.4) is 0 Å². The van der Waals surface area contributed by atoms with Gasteiger partial charge < -0.3 is 14.0 Å². The van der Waals surface area contributed by atoms with E-state index in [1.165, 1.54) is 10.4 Å².